The summed E-state index contributed by atoms with van der Waals surface area (Å²) in [6.45, 7) is 2.81. The fourth-order valence-electron chi connectivity index (χ4n) is 0.942. The Morgan fingerprint density at radius 2 is 2.43 bits per heavy atom. The number of carboxylic acid groups (broad SMARTS) is 1. The molecule has 0 saturated heterocycles. The number of carbonyl (C=O) groups is 1. The molecule has 1 rings (SSSR count). The number of aryl methyl sites for hydroxylation is 1. The van der Waals surface area contributed by atoms with Crippen LogP contribution < -0.4 is 0 Å². The van der Waals surface area contributed by atoms with Crippen LogP contribution >= 0.6 is 11.8 Å². The first-order valence-corrected chi connectivity index (χ1v) is 5.44. The first-order valence-electron chi connectivity index (χ1n) is 4.28. The van der Waals surface area contributed by atoms with Gasteiger partial charge in [-0.2, -0.15) is 0 Å². The molecule has 0 radical (unpaired) electrons. The fraction of sp³-hybridized carbons (Fsp3) is 0.714. The van der Waals surface area contributed by atoms with Crippen molar-refractivity contribution in [2.45, 2.75) is 25.6 Å². The zero-order chi connectivity index (χ0) is 10.4. The lowest BCUT2D eigenvalue weighted by Crippen LogP contribution is -2.05. The van der Waals surface area contributed by atoms with Gasteiger partial charge >= 0.3 is 5.97 Å². The number of hydrogen-bond acceptors (Lipinski definition) is 5. The highest BCUT2D eigenvalue weighted by atomic mass is 32.2. The van der Waals surface area contributed by atoms with Gasteiger partial charge in [0.25, 0.3) is 0 Å². The monoisotopic (exact) mass is 216 g/mol. The summed E-state index contributed by atoms with van der Waals surface area (Å²) in [5.41, 5.74) is 0. The Hall–Kier alpha value is -1.11. The fourth-order valence-corrected chi connectivity index (χ4v) is 1.61. The third kappa shape index (κ3) is 3.33. The van der Waals surface area contributed by atoms with Gasteiger partial charge in [0.1, 0.15) is 0 Å². The molecule has 0 aliphatic rings. The van der Waals surface area contributed by atoms with Crippen LogP contribution in [0.1, 0.15) is 19.2 Å². The molecule has 0 aromatic carbocycles. The number of thioether (sulfide) groups is 1. The molecular weight excluding hydrogens is 204 g/mol. The Morgan fingerprint density at radius 3 is 3.07 bits per heavy atom. The number of hydrogen-bond donors (Lipinski definition) is 1. The van der Waals surface area contributed by atoms with E-state index in [1.807, 2.05) is 6.92 Å². The first kappa shape index (κ1) is 11.0. The lowest BCUT2D eigenvalue weighted by atomic mass is 10.5. The largest absolute Gasteiger partial charge is 0.481 e. The van der Waals surface area contributed by atoms with E-state index in [4.69, 9.17) is 5.11 Å². The van der Waals surface area contributed by atoms with Gasteiger partial charge in [-0.05, 0) is 16.8 Å². The first-order chi connectivity index (χ1) is 6.74. The van der Waals surface area contributed by atoms with E-state index in [1.165, 1.54) is 11.8 Å². The Morgan fingerprint density at radius 1 is 1.64 bits per heavy atom. The molecule has 1 heterocycles. The molecule has 0 spiro atoms. The normalized spacial score (nSPS) is 10.4. The molecule has 0 unspecified atom stereocenters. The molecule has 0 bridgehead atoms. The molecule has 7 heteroatoms. The molecule has 1 aromatic rings. The van der Waals surface area contributed by atoms with Crippen LogP contribution in [-0.2, 0) is 17.1 Å². The van der Waals surface area contributed by atoms with Crippen LogP contribution in [0.25, 0.3) is 0 Å². The molecule has 14 heavy (non-hydrogen) atoms. The van der Waals surface area contributed by atoms with Crippen molar-refractivity contribution in [3.05, 3.63) is 5.82 Å². The van der Waals surface area contributed by atoms with Gasteiger partial charge in [0.05, 0.1) is 11.5 Å². The molecule has 0 aliphatic carbocycles. The minimum absolute atomic E-state index is 0.0823. The van der Waals surface area contributed by atoms with Crippen molar-refractivity contribution < 1.29 is 9.90 Å². The van der Waals surface area contributed by atoms with Gasteiger partial charge in [-0.3, -0.25) is 4.79 Å². The van der Waals surface area contributed by atoms with E-state index in [9.17, 15) is 4.79 Å². The summed E-state index contributed by atoms with van der Waals surface area (Å²) >= 11 is 1.30. The van der Waals surface area contributed by atoms with Crippen molar-refractivity contribution in [2.24, 2.45) is 0 Å². The predicted molar refractivity (Wildman–Crippen MR) is 51.9 cm³/mol. The van der Waals surface area contributed by atoms with Crippen LogP contribution in [0.4, 0.5) is 0 Å². The van der Waals surface area contributed by atoms with E-state index in [-0.39, 0.29) is 5.75 Å². The summed E-state index contributed by atoms with van der Waals surface area (Å²) in [4.78, 5) is 10.3. The molecule has 78 valence electrons. The summed E-state index contributed by atoms with van der Waals surface area (Å²) in [6, 6.07) is 0. The molecule has 1 aromatic heterocycles. The summed E-state index contributed by atoms with van der Waals surface area (Å²) in [6.07, 6.45) is 0.960. The van der Waals surface area contributed by atoms with Gasteiger partial charge in [-0.15, -0.1) is 16.9 Å². The van der Waals surface area contributed by atoms with Crippen LogP contribution in [0.2, 0.25) is 0 Å². The van der Waals surface area contributed by atoms with E-state index in [2.05, 4.69) is 15.5 Å². The average Bonchev–Trinajstić information content (AvgIpc) is 2.53. The van der Waals surface area contributed by atoms with Gasteiger partial charge in [0.15, 0.2) is 5.82 Å². The van der Waals surface area contributed by atoms with Crippen molar-refractivity contribution in [1.82, 2.24) is 20.2 Å². The van der Waals surface area contributed by atoms with E-state index < -0.39 is 5.97 Å². The van der Waals surface area contributed by atoms with Gasteiger partial charge in [0.2, 0.25) is 0 Å². The lowest BCUT2D eigenvalue weighted by molar-refractivity contribution is -0.133. The van der Waals surface area contributed by atoms with Crippen LogP contribution in [0.3, 0.4) is 0 Å². The smallest absolute Gasteiger partial charge is 0.313 e. The number of aliphatic carboxylic acids is 1. The second-order valence-corrected chi connectivity index (χ2v) is 3.69. The van der Waals surface area contributed by atoms with Crippen LogP contribution in [-0.4, -0.2) is 37.0 Å². The average molecular weight is 216 g/mol. The highest BCUT2D eigenvalue weighted by Crippen LogP contribution is 2.08. The third-order valence-electron chi connectivity index (χ3n) is 1.50. The topological polar surface area (TPSA) is 80.9 Å². The minimum Gasteiger partial charge on any atom is -0.481 e. The lowest BCUT2D eigenvalue weighted by Gasteiger charge is -2.00. The molecular formula is C7H12N4O2S. The van der Waals surface area contributed by atoms with E-state index in [0.29, 0.717) is 5.75 Å². The second kappa shape index (κ2) is 5.58. The number of aromatic nitrogens is 4. The molecule has 0 saturated carbocycles. The second-order valence-electron chi connectivity index (χ2n) is 2.70. The summed E-state index contributed by atoms with van der Waals surface area (Å²) < 4.78 is 1.70. The Labute approximate surface area is 85.7 Å². The molecule has 0 amide bonds. The maximum absolute atomic E-state index is 10.3. The SMILES string of the molecule is CCCn1nnnc1CSCC(=O)O. The van der Waals surface area contributed by atoms with Crippen LogP contribution in [0.5, 0.6) is 0 Å². The molecule has 6 nitrogen and oxygen atoms in total. The van der Waals surface area contributed by atoms with E-state index >= 15 is 0 Å². The van der Waals surface area contributed by atoms with Gasteiger partial charge in [-0.25, -0.2) is 4.68 Å². The van der Waals surface area contributed by atoms with Crippen molar-refractivity contribution in [3.8, 4) is 0 Å². The quantitative estimate of drug-likeness (QED) is 0.741. The molecule has 0 atom stereocenters. The minimum atomic E-state index is -0.815. The molecule has 1 N–H and O–H groups in total. The Kier molecular flexibility index (Phi) is 4.37. The number of tetrazole rings is 1. The standard InChI is InChI=1S/C7H12N4O2S/c1-2-3-11-6(8-9-10-11)4-14-5-7(12)13/h2-5H2,1H3,(H,12,13). The third-order valence-corrected chi connectivity index (χ3v) is 2.41. The predicted octanol–water partition coefficient (Wildman–Crippen LogP) is 0.401. The number of carboxylic acids is 1. The van der Waals surface area contributed by atoms with Gasteiger partial charge < -0.3 is 5.11 Å². The van der Waals surface area contributed by atoms with Gasteiger partial charge in [-0.1, -0.05) is 6.92 Å². The van der Waals surface area contributed by atoms with Gasteiger partial charge in [0, 0.05) is 6.54 Å². The van der Waals surface area contributed by atoms with Crippen LogP contribution in [0.15, 0.2) is 0 Å². The number of nitrogens with zero attached hydrogens (tertiary/aromatic N) is 4. The van der Waals surface area contributed by atoms with Crippen molar-refractivity contribution in [1.29, 1.82) is 0 Å². The van der Waals surface area contributed by atoms with E-state index in [1.54, 1.807) is 4.68 Å². The summed E-state index contributed by atoms with van der Waals surface area (Å²) in [7, 11) is 0. The maximum Gasteiger partial charge on any atom is 0.313 e. The summed E-state index contributed by atoms with van der Waals surface area (Å²) in [5.74, 6) is 0.542. The van der Waals surface area contributed by atoms with Crippen molar-refractivity contribution >= 4 is 17.7 Å². The van der Waals surface area contributed by atoms with Crippen molar-refractivity contribution in [2.75, 3.05) is 5.75 Å². The zero-order valence-electron chi connectivity index (χ0n) is 7.88. The number of rotatable bonds is 6. The highest BCUT2D eigenvalue weighted by Gasteiger charge is 2.06. The maximum atomic E-state index is 10.3. The van der Waals surface area contributed by atoms with Crippen molar-refractivity contribution in [3.63, 3.8) is 0 Å². The van der Waals surface area contributed by atoms with Crippen LogP contribution in [0, 0.1) is 0 Å². The molecule has 0 aliphatic heterocycles. The molecule has 0 fully saturated rings. The Bertz CT molecular complexity index is 302. The Balaban J connectivity index is 2.41. The van der Waals surface area contributed by atoms with E-state index in [0.717, 1.165) is 18.8 Å². The summed E-state index contributed by atoms with van der Waals surface area (Å²) in [5, 5.41) is 19.6. The highest BCUT2D eigenvalue weighted by molar-refractivity contribution is 7.99. The zero-order valence-corrected chi connectivity index (χ0v) is 8.70.